The van der Waals surface area contributed by atoms with Crippen LogP contribution in [0.3, 0.4) is 0 Å². The number of amides is 1. The molecule has 0 spiro atoms. The van der Waals surface area contributed by atoms with Crippen molar-refractivity contribution >= 4 is 34.9 Å². The van der Waals surface area contributed by atoms with E-state index in [1.54, 1.807) is 48.6 Å². The summed E-state index contributed by atoms with van der Waals surface area (Å²) in [5.74, 6) is -1.48. The van der Waals surface area contributed by atoms with Gasteiger partial charge in [0.25, 0.3) is 5.91 Å². The van der Waals surface area contributed by atoms with Gasteiger partial charge in [-0.1, -0.05) is 60.2 Å². The van der Waals surface area contributed by atoms with Crippen LogP contribution in [0.2, 0.25) is 5.02 Å². The minimum atomic E-state index is -0.639. The third-order valence-corrected chi connectivity index (χ3v) is 3.65. The van der Waals surface area contributed by atoms with E-state index < -0.39 is 18.5 Å². The van der Waals surface area contributed by atoms with Crippen LogP contribution in [0.5, 0.6) is 0 Å². The Labute approximate surface area is 162 Å². The lowest BCUT2D eigenvalue weighted by Gasteiger charge is -2.11. The zero-order valence-electron chi connectivity index (χ0n) is 14.6. The molecule has 0 fully saturated rings. The van der Waals surface area contributed by atoms with Gasteiger partial charge in [-0.2, -0.15) is 0 Å². The van der Waals surface area contributed by atoms with Crippen LogP contribution in [-0.4, -0.2) is 24.3 Å². The van der Waals surface area contributed by atoms with Crippen LogP contribution in [0.15, 0.2) is 72.8 Å². The number of nitrogens with one attached hydrogen (secondary N) is 1. The van der Waals surface area contributed by atoms with E-state index in [4.69, 9.17) is 16.3 Å². The van der Waals surface area contributed by atoms with Crippen molar-refractivity contribution in [3.63, 3.8) is 0 Å². The van der Waals surface area contributed by atoms with E-state index in [-0.39, 0.29) is 11.3 Å². The molecule has 2 aromatic rings. The molecule has 0 aliphatic rings. The van der Waals surface area contributed by atoms with Crippen molar-refractivity contribution in [2.75, 3.05) is 11.9 Å². The SMILES string of the molecule is C/C=C/C=C/C(=O)OCC(=O)Nc1ccc(Cl)cc1C(=O)c1ccccc1. The molecule has 5 nitrogen and oxygen atoms in total. The summed E-state index contributed by atoms with van der Waals surface area (Å²) in [5, 5.41) is 2.95. The molecule has 1 amide bonds. The third-order valence-electron chi connectivity index (χ3n) is 3.42. The molecule has 0 atom stereocenters. The highest BCUT2D eigenvalue weighted by Crippen LogP contribution is 2.23. The van der Waals surface area contributed by atoms with Crippen LogP contribution >= 0.6 is 11.6 Å². The van der Waals surface area contributed by atoms with Gasteiger partial charge in [-0.15, -0.1) is 0 Å². The number of allylic oxidation sites excluding steroid dienone is 3. The molecule has 0 radical (unpaired) electrons. The van der Waals surface area contributed by atoms with Gasteiger partial charge in [0.05, 0.1) is 5.69 Å². The smallest absolute Gasteiger partial charge is 0.331 e. The van der Waals surface area contributed by atoms with Gasteiger partial charge in [0.2, 0.25) is 0 Å². The van der Waals surface area contributed by atoms with E-state index in [0.717, 1.165) is 0 Å². The lowest BCUT2D eigenvalue weighted by atomic mass is 10.0. The van der Waals surface area contributed by atoms with Gasteiger partial charge in [-0.3, -0.25) is 9.59 Å². The summed E-state index contributed by atoms with van der Waals surface area (Å²) < 4.78 is 4.85. The van der Waals surface area contributed by atoms with Gasteiger partial charge in [0.15, 0.2) is 12.4 Å². The largest absolute Gasteiger partial charge is 0.452 e. The fourth-order valence-electron chi connectivity index (χ4n) is 2.17. The fraction of sp³-hybridized carbons (Fsp3) is 0.0952. The van der Waals surface area contributed by atoms with Crippen LogP contribution < -0.4 is 5.32 Å². The Bertz CT molecular complexity index is 888. The molecular formula is C21H18ClNO4. The summed E-state index contributed by atoms with van der Waals surface area (Å²) in [6.07, 6.45) is 6.13. The molecule has 1 N–H and O–H groups in total. The zero-order chi connectivity index (χ0) is 19.6. The monoisotopic (exact) mass is 383 g/mol. The quantitative estimate of drug-likeness (QED) is 0.337. The van der Waals surface area contributed by atoms with Gasteiger partial charge in [-0.05, 0) is 25.1 Å². The molecule has 0 unspecified atom stereocenters. The maximum Gasteiger partial charge on any atom is 0.331 e. The van der Waals surface area contributed by atoms with Gasteiger partial charge >= 0.3 is 5.97 Å². The first kappa shape index (κ1) is 20.1. The number of ether oxygens (including phenoxy) is 1. The van der Waals surface area contributed by atoms with Crippen molar-refractivity contribution in [2.24, 2.45) is 0 Å². The Morgan fingerprint density at radius 2 is 1.81 bits per heavy atom. The number of ketones is 1. The molecule has 2 aromatic carbocycles. The summed E-state index contributed by atoms with van der Waals surface area (Å²) in [4.78, 5) is 36.3. The van der Waals surface area contributed by atoms with Gasteiger partial charge < -0.3 is 10.1 Å². The first-order chi connectivity index (χ1) is 13.0. The van der Waals surface area contributed by atoms with Crippen LogP contribution in [-0.2, 0) is 14.3 Å². The summed E-state index contributed by atoms with van der Waals surface area (Å²) in [5.41, 5.74) is 1.01. The van der Waals surface area contributed by atoms with E-state index in [9.17, 15) is 14.4 Å². The number of carbonyl (C=O) groups excluding carboxylic acids is 3. The normalized spacial score (nSPS) is 10.9. The summed E-state index contributed by atoms with van der Waals surface area (Å²) in [7, 11) is 0. The van der Waals surface area contributed by atoms with Crippen molar-refractivity contribution in [3.8, 4) is 0 Å². The molecule has 0 aromatic heterocycles. The molecule has 0 aliphatic carbocycles. The Kier molecular flexibility index (Phi) is 7.52. The number of carbonyl (C=O) groups is 3. The minimum absolute atomic E-state index is 0.251. The Morgan fingerprint density at radius 3 is 2.52 bits per heavy atom. The van der Waals surface area contributed by atoms with E-state index >= 15 is 0 Å². The van der Waals surface area contributed by atoms with E-state index in [0.29, 0.717) is 16.3 Å². The summed E-state index contributed by atoms with van der Waals surface area (Å²) >= 11 is 6.00. The minimum Gasteiger partial charge on any atom is -0.452 e. The Morgan fingerprint density at radius 1 is 1.07 bits per heavy atom. The van der Waals surface area contributed by atoms with Gasteiger partial charge in [0, 0.05) is 22.2 Å². The molecule has 0 aliphatic heterocycles. The van der Waals surface area contributed by atoms with Crippen molar-refractivity contribution in [3.05, 3.63) is 89.0 Å². The molecule has 27 heavy (non-hydrogen) atoms. The number of esters is 1. The predicted octanol–water partition coefficient (Wildman–Crippen LogP) is 4.19. The number of benzene rings is 2. The summed E-state index contributed by atoms with van der Waals surface area (Å²) in [6, 6.07) is 13.2. The van der Waals surface area contributed by atoms with Crippen molar-refractivity contribution < 1.29 is 19.1 Å². The van der Waals surface area contributed by atoms with Gasteiger partial charge in [-0.25, -0.2) is 4.79 Å². The standard InChI is InChI=1S/C21H18ClNO4/c1-2-3-5-10-20(25)27-14-19(24)23-18-12-11-16(22)13-17(18)21(26)15-8-6-4-7-9-15/h2-13H,14H2,1H3,(H,23,24)/b3-2+,10-5+. The lowest BCUT2D eigenvalue weighted by Crippen LogP contribution is -2.21. The van der Waals surface area contributed by atoms with Crippen LogP contribution in [0, 0.1) is 0 Å². The fourth-order valence-corrected chi connectivity index (χ4v) is 2.35. The maximum absolute atomic E-state index is 12.7. The number of hydrogen-bond donors (Lipinski definition) is 1. The van der Waals surface area contributed by atoms with Gasteiger partial charge in [0.1, 0.15) is 0 Å². The van der Waals surface area contributed by atoms with E-state index in [1.807, 2.05) is 6.92 Å². The first-order valence-corrected chi connectivity index (χ1v) is 8.54. The molecule has 0 saturated carbocycles. The number of halogens is 1. The lowest BCUT2D eigenvalue weighted by molar-refractivity contribution is -0.142. The van der Waals surface area contributed by atoms with Crippen molar-refractivity contribution in [1.29, 1.82) is 0 Å². The predicted molar refractivity (Wildman–Crippen MR) is 105 cm³/mol. The second-order valence-electron chi connectivity index (χ2n) is 5.43. The highest BCUT2D eigenvalue weighted by Gasteiger charge is 2.16. The van der Waals surface area contributed by atoms with Crippen molar-refractivity contribution in [1.82, 2.24) is 0 Å². The topological polar surface area (TPSA) is 72.5 Å². The average molecular weight is 384 g/mol. The van der Waals surface area contributed by atoms with E-state index in [1.165, 1.54) is 24.3 Å². The third kappa shape index (κ3) is 6.24. The molecular weight excluding hydrogens is 366 g/mol. The van der Waals surface area contributed by atoms with E-state index in [2.05, 4.69) is 5.32 Å². The number of hydrogen-bond acceptors (Lipinski definition) is 4. The molecule has 0 bridgehead atoms. The van der Waals surface area contributed by atoms with Crippen LogP contribution in [0.4, 0.5) is 5.69 Å². The highest BCUT2D eigenvalue weighted by molar-refractivity contribution is 6.31. The molecule has 0 heterocycles. The Balaban J connectivity index is 2.09. The molecule has 0 saturated heterocycles. The second kappa shape index (κ2) is 10.1. The second-order valence-corrected chi connectivity index (χ2v) is 5.86. The molecule has 138 valence electrons. The first-order valence-electron chi connectivity index (χ1n) is 8.16. The molecule has 2 rings (SSSR count). The van der Waals surface area contributed by atoms with Crippen LogP contribution in [0.1, 0.15) is 22.8 Å². The Hall–Kier alpha value is -3.18. The molecule has 6 heteroatoms. The summed E-state index contributed by atoms with van der Waals surface area (Å²) in [6.45, 7) is 1.34. The highest BCUT2D eigenvalue weighted by atomic mass is 35.5. The van der Waals surface area contributed by atoms with Crippen molar-refractivity contribution in [2.45, 2.75) is 6.92 Å². The number of anilines is 1. The maximum atomic E-state index is 12.7. The zero-order valence-corrected chi connectivity index (χ0v) is 15.4. The van der Waals surface area contributed by atoms with Crippen LogP contribution in [0.25, 0.3) is 0 Å². The average Bonchev–Trinajstić information content (AvgIpc) is 2.68. The number of rotatable bonds is 7.